The zero-order valence-electron chi connectivity index (χ0n) is 44.9. The number of nitrogens with one attached hydrogen (secondary N) is 2. The number of ether oxygens (including phenoxy) is 2. The van der Waals surface area contributed by atoms with Crippen LogP contribution < -0.4 is 24.3 Å². The molecule has 0 saturated carbocycles. The van der Waals surface area contributed by atoms with Gasteiger partial charge in [0.2, 0.25) is 17.3 Å². The number of aromatic hydroxyl groups is 1. The van der Waals surface area contributed by atoms with Crippen LogP contribution in [-0.4, -0.2) is 98.4 Å². The van der Waals surface area contributed by atoms with Gasteiger partial charge in [-0.3, -0.25) is 14.1 Å². The van der Waals surface area contributed by atoms with Crippen molar-refractivity contribution in [1.82, 2.24) is 19.9 Å². The molecule has 3 aromatic heterocycles. The van der Waals surface area contributed by atoms with Crippen molar-refractivity contribution in [3.8, 4) is 28.5 Å². The minimum atomic E-state index is -4.39. The van der Waals surface area contributed by atoms with Crippen molar-refractivity contribution in [3.63, 3.8) is 0 Å². The summed E-state index contributed by atoms with van der Waals surface area (Å²) in [5.41, 5.74) is 7.68. The molecule has 0 bridgehead atoms. The third-order valence-electron chi connectivity index (χ3n) is 12.5. The Kier molecular flexibility index (Phi) is 19.9. The van der Waals surface area contributed by atoms with Gasteiger partial charge >= 0.3 is 5.97 Å². The van der Waals surface area contributed by atoms with Crippen LogP contribution in [0, 0.1) is 19.8 Å². The summed E-state index contributed by atoms with van der Waals surface area (Å²) in [7, 11) is -8.52. The van der Waals surface area contributed by atoms with Crippen molar-refractivity contribution in [2.45, 2.75) is 58.4 Å². The predicted octanol–water partition coefficient (Wildman–Crippen LogP) is 11.3. The Balaban J connectivity index is 0.000000180. The smallest absolute Gasteiger partial charge is 0.304 e. The number of hydrogen-bond acceptors (Lipinski definition) is 16. The Morgan fingerprint density at radius 1 is 0.915 bits per heavy atom. The number of rotatable bonds is 19. The molecule has 4 heterocycles. The van der Waals surface area contributed by atoms with E-state index in [1.165, 1.54) is 29.4 Å². The lowest BCUT2D eigenvalue weighted by atomic mass is 10.0. The van der Waals surface area contributed by atoms with Crippen LogP contribution in [0.4, 0.5) is 11.4 Å². The number of carbonyl (C=O) groups is 2. The molecule has 1 aliphatic heterocycles. The van der Waals surface area contributed by atoms with Crippen LogP contribution in [0.25, 0.3) is 49.4 Å². The highest BCUT2D eigenvalue weighted by molar-refractivity contribution is 7.99. The van der Waals surface area contributed by atoms with Crippen LogP contribution in [0.15, 0.2) is 139 Å². The second-order valence-corrected chi connectivity index (χ2v) is 25.0. The molecule has 24 heteroatoms. The number of amides is 1. The van der Waals surface area contributed by atoms with E-state index in [1.807, 2.05) is 108 Å². The number of imidazole rings is 1. The molecule has 0 spiro atoms. The Morgan fingerprint density at radius 3 is 2.40 bits per heavy atom. The van der Waals surface area contributed by atoms with Gasteiger partial charge in [0, 0.05) is 51.5 Å². The van der Waals surface area contributed by atoms with E-state index in [-0.39, 0.29) is 37.1 Å². The second kappa shape index (κ2) is 27.0. The third-order valence-corrected chi connectivity index (χ3v) is 16.5. The summed E-state index contributed by atoms with van der Waals surface area (Å²) >= 11 is 9.06. The van der Waals surface area contributed by atoms with Crippen LogP contribution >= 0.6 is 34.7 Å². The number of anilines is 2. The fraction of sp³-hybridized carbons (Fsp3) is 0.241. The van der Waals surface area contributed by atoms with E-state index in [2.05, 4.69) is 39.1 Å². The molecule has 0 saturated heterocycles. The Labute approximate surface area is 487 Å². The average molecular weight is 1210 g/mol. The molecule has 0 aliphatic carbocycles. The molecule has 0 radical (unpaired) electrons. The minimum absolute atomic E-state index is 0.0177. The van der Waals surface area contributed by atoms with Crippen LogP contribution in [0.2, 0.25) is 5.02 Å². The molecule has 0 unspecified atom stereocenters. The number of carbonyl (C=O) groups excluding carboxylic acids is 1. The number of hydrogen-bond donors (Lipinski definition) is 5. The molecule has 0 atom stereocenters. The molecule has 0 fully saturated rings. The molecular weight excluding hydrogens is 1150 g/mol. The summed E-state index contributed by atoms with van der Waals surface area (Å²) in [6, 6.07) is 35.6. The lowest BCUT2D eigenvalue weighted by Gasteiger charge is -2.19. The summed E-state index contributed by atoms with van der Waals surface area (Å²) in [6.07, 6.45) is 5.13. The molecule has 9 aromatic rings. The van der Waals surface area contributed by atoms with Crippen molar-refractivity contribution >= 4 is 116 Å². The summed E-state index contributed by atoms with van der Waals surface area (Å²) in [6.45, 7) is 9.18. The molecule has 1 amide bonds. The Morgan fingerprint density at radius 2 is 1.67 bits per heavy atom. The number of aromatic amines is 1. The van der Waals surface area contributed by atoms with Crippen molar-refractivity contribution in [1.29, 1.82) is 0 Å². The maximum Gasteiger partial charge on any atom is 0.304 e. The first-order valence-corrected chi connectivity index (χ1v) is 31.1. The first kappa shape index (κ1) is 60.5. The number of aliphatic carboxylic acids is 1. The Bertz CT molecular complexity index is 4050. The van der Waals surface area contributed by atoms with E-state index < -0.39 is 43.6 Å². The van der Waals surface area contributed by atoms with Gasteiger partial charge in [0.15, 0.2) is 17.9 Å². The number of nitrogens with zero attached hydrogens (tertiary/aromatic N) is 5. The normalized spacial score (nSPS) is 12.7. The standard InChI is InChI=1S/C27H25ClN2O7S3.C22H21NO4S.C9H12N4O/c28-21-9-11-25-23(17-21)30(13-5-15-40(34,35)36)27(38-25)18-26-29(12-4-14-39(31,32)33)22-16-20(8-10-24(22)37-26)19-6-2-1-3-7-19;1-13-7-8-14(2)18(11-13)23-22(27)17-12-19(28-10-9-20(24)25)15-5-3-4-6-16(15)21(17)26;1-6(2)3-14-9-7-8(11-4-10-7)12-5-13-9/h1-3,6-11,16-18H,4-5,12-15H2,(H-,31,32,33,34,35,36);3-8,11-12,26H,9-10H2,1-2H3,(H,23,27)(H,24,25);4-6H,3H2,1-2H3,(H,10,11,12,13). The maximum atomic E-state index is 12.9. The maximum absolute atomic E-state index is 12.9. The van der Waals surface area contributed by atoms with Crippen LogP contribution in [0.1, 0.15) is 59.6 Å². The number of thioether (sulfide) groups is 1. The summed E-state index contributed by atoms with van der Waals surface area (Å²) in [5, 5.41) is 25.1. The van der Waals surface area contributed by atoms with Crippen LogP contribution in [0.3, 0.4) is 0 Å². The fourth-order valence-electron chi connectivity index (χ4n) is 8.60. The number of H-pyrrole nitrogens is 1. The zero-order valence-corrected chi connectivity index (χ0v) is 48.9. The molecule has 82 heavy (non-hydrogen) atoms. The first-order valence-electron chi connectivity index (χ1n) is 25.7. The Hall–Kier alpha value is -7.64. The highest BCUT2D eigenvalue weighted by Crippen LogP contribution is 2.43. The molecule has 19 nitrogen and oxygen atoms in total. The molecular formula is C58H58ClN7O12S4. The van der Waals surface area contributed by atoms with Crippen molar-refractivity contribution in [3.05, 3.63) is 161 Å². The number of halogens is 1. The predicted molar refractivity (Wildman–Crippen MR) is 320 cm³/mol. The SMILES string of the molecule is CC(C)COc1ncnc2nc[nH]c12.Cc1ccc(C)c(NC(=O)c2cc(SCCC(=O)O)c3ccccc3c2O)c1.O=S(=O)([O-])CCCN1C(=Cc2sc3ccc(Cl)cc3[n+]2CCCS(=O)(=O)O)Oc2ccc(-c3ccccc3)cc21. The summed E-state index contributed by atoms with van der Waals surface area (Å²) in [5.74, 6) is 0.172. The van der Waals surface area contributed by atoms with Gasteiger partial charge in [-0.1, -0.05) is 110 Å². The number of thiazole rings is 1. The van der Waals surface area contributed by atoms with E-state index >= 15 is 0 Å². The minimum Gasteiger partial charge on any atom is -0.748 e. The van der Waals surface area contributed by atoms with Gasteiger partial charge in [0.1, 0.15) is 22.3 Å². The molecule has 428 valence electrons. The second-order valence-electron chi connectivity index (χ2n) is 19.3. The number of phenolic OH excluding ortho intramolecular Hbond substituents is 1. The lowest BCUT2D eigenvalue weighted by molar-refractivity contribution is -0.668. The van der Waals surface area contributed by atoms with Crippen molar-refractivity contribution in [2.24, 2.45) is 5.92 Å². The fourth-order valence-corrected chi connectivity index (χ4v) is 11.9. The molecule has 5 N–H and O–H groups in total. The molecule has 10 rings (SSSR count). The lowest BCUT2D eigenvalue weighted by Crippen LogP contribution is -2.36. The van der Waals surface area contributed by atoms with E-state index in [4.69, 9.17) is 26.2 Å². The van der Waals surface area contributed by atoms with Gasteiger partial charge in [-0.05, 0) is 90.2 Å². The van der Waals surface area contributed by atoms with Gasteiger partial charge < -0.3 is 39.4 Å². The largest absolute Gasteiger partial charge is 0.748 e. The highest BCUT2D eigenvalue weighted by Gasteiger charge is 2.30. The molecule has 1 aliphatic rings. The summed E-state index contributed by atoms with van der Waals surface area (Å²) < 4.78 is 80.4. The average Bonchev–Trinajstić information content (AvgIpc) is 4.35. The van der Waals surface area contributed by atoms with E-state index in [9.17, 15) is 40.6 Å². The third kappa shape index (κ3) is 16.1. The van der Waals surface area contributed by atoms with Crippen molar-refractivity contribution in [2.75, 3.05) is 40.6 Å². The number of carboxylic acid groups (broad SMARTS) is 1. The zero-order chi connectivity index (χ0) is 58.7. The number of benzene rings is 6. The van der Waals surface area contributed by atoms with Gasteiger partial charge in [0.25, 0.3) is 21.0 Å². The molecule has 6 aromatic carbocycles. The van der Waals surface area contributed by atoms with Gasteiger partial charge in [-0.15, -0.1) is 11.8 Å². The number of fused-ring (bicyclic) bond motifs is 4. The number of phenols is 1. The van der Waals surface area contributed by atoms with Gasteiger partial charge in [0.05, 0.1) is 52.6 Å². The topological polar surface area (TPSA) is 278 Å². The quantitative estimate of drug-likeness (QED) is 0.0286. The summed E-state index contributed by atoms with van der Waals surface area (Å²) in [4.78, 5) is 41.3. The number of aryl methyl sites for hydroxylation is 3. The van der Waals surface area contributed by atoms with Crippen LogP contribution in [0.5, 0.6) is 17.4 Å². The first-order chi connectivity index (χ1) is 39.1. The number of aromatic nitrogens is 5. The van der Waals surface area contributed by atoms with E-state index in [1.54, 1.807) is 42.7 Å². The van der Waals surface area contributed by atoms with Crippen molar-refractivity contribution < 1.29 is 59.8 Å². The highest BCUT2D eigenvalue weighted by atomic mass is 35.5. The number of carboxylic acids is 1. The van der Waals surface area contributed by atoms with Gasteiger partial charge in [-0.2, -0.15) is 18.0 Å². The van der Waals surface area contributed by atoms with Crippen LogP contribution in [-0.2, 0) is 31.6 Å². The monoisotopic (exact) mass is 1210 g/mol. The van der Waals surface area contributed by atoms with E-state index in [0.717, 1.165) is 59.0 Å². The van der Waals surface area contributed by atoms with Gasteiger partial charge in [-0.25, -0.2) is 18.4 Å². The van der Waals surface area contributed by atoms with E-state index in [0.29, 0.717) is 64.1 Å².